The van der Waals surface area contributed by atoms with Gasteiger partial charge in [-0.15, -0.1) is 0 Å². The van der Waals surface area contributed by atoms with Crippen molar-refractivity contribution >= 4 is 17.7 Å². The van der Waals surface area contributed by atoms with E-state index in [-0.39, 0.29) is 24.1 Å². The Labute approximate surface area is 172 Å². The molecule has 2 saturated heterocycles. The van der Waals surface area contributed by atoms with E-state index in [9.17, 15) is 9.90 Å². The summed E-state index contributed by atoms with van der Waals surface area (Å²) in [6.45, 7) is 4.66. The largest absolute Gasteiger partial charge is 0.393 e. The SMILES string of the molecule is CCNc1ccnc(N[C@@H]2CN3CCCC[C@]3(C(=O)NC3CCC(O)CC3)C2)n1. The molecule has 0 aromatic carbocycles. The van der Waals surface area contributed by atoms with E-state index in [0.717, 1.165) is 76.8 Å². The van der Waals surface area contributed by atoms with Gasteiger partial charge in [-0.05, 0) is 70.9 Å². The zero-order chi connectivity index (χ0) is 20.3. The second-order valence-corrected chi connectivity index (χ2v) is 8.75. The van der Waals surface area contributed by atoms with Gasteiger partial charge in [0.1, 0.15) is 11.4 Å². The maximum absolute atomic E-state index is 13.4. The molecule has 0 radical (unpaired) electrons. The molecule has 4 N–H and O–H groups in total. The van der Waals surface area contributed by atoms with E-state index < -0.39 is 5.54 Å². The molecular weight excluding hydrogens is 368 g/mol. The number of amides is 1. The average Bonchev–Trinajstić information content (AvgIpc) is 3.09. The number of aromatic nitrogens is 2. The van der Waals surface area contributed by atoms with E-state index in [1.165, 1.54) is 0 Å². The van der Waals surface area contributed by atoms with Crippen molar-refractivity contribution < 1.29 is 9.90 Å². The molecule has 2 atom stereocenters. The summed E-state index contributed by atoms with van der Waals surface area (Å²) in [5.41, 5.74) is -0.425. The lowest BCUT2D eigenvalue weighted by atomic mass is 9.83. The summed E-state index contributed by atoms with van der Waals surface area (Å²) in [4.78, 5) is 24.7. The number of aliphatic hydroxyl groups is 1. The van der Waals surface area contributed by atoms with Gasteiger partial charge in [0.05, 0.1) is 6.10 Å². The van der Waals surface area contributed by atoms with Crippen LogP contribution in [-0.4, -0.2) is 69.2 Å². The average molecular weight is 403 g/mol. The number of hydrogen-bond donors (Lipinski definition) is 4. The topological polar surface area (TPSA) is 102 Å². The predicted molar refractivity (Wildman–Crippen MR) is 113 cm³/mol. The molecule has 2 aliphatic heterocycles. The van der Waals surface area contributed by atoms with Gasteiger partial charge in [-0.1, -0.05) is 0 Å². The molecule has 8 heteroatoms. The number of fused-ring (bicyclic) bond motifs is 1. The van der Waals surface area contributed by atoms with Crippen LogP contribution in [0.5, 0.6) is 0 Å². The summed E-state index contributed by atoms with van der Waals surface area (Å²) in [5.74, 6) is 1.60. The van der Waals surface area contributed by atoms with Gasteiger partial charge in [-0.2, -0.15) is 4.98 Å². The van der Waals surface area contributed by atoms with Crippen LogP contribution in [0.4, 0.5) is 11.8 Å². The molecule has 3 fully saturated rings. The van der Waals surface area contributed by atoms with Crippen molar-refractivity contribution in [2.75, 3.05) is 30.3 Å². The molecule has 0 unspecified atom stereocenters. The van der Waals surface area contributed by atoms with Crippen molar-refractivity contribution in [3.8, 4) is 0 Å². The number of carbonyl (C=O) groups excluding carboxylic acids is 1. The first-order chi connectivity index (χ1) is 14.1. The van der Waals surface area contributed by atoms with E-state index in [1.54, 1.807) is 6.20 Å². The van der Waals surface area contributed by atoms with Crippen LogP contribution in [0.2, 0.25) is 0 Å². The van der Waals surface area contributed by atoms with Crippen LogP contribution < -0.4 is 16.0 Å². The number of nitrogens with zero attached hydrogens (tertiary/aromatic N) is 3. The first kappa shape index (κ1) is 20.3. The van der Waals surface area contributed by atoms with Crippen LogP contribution >= 0.6 is 0 Å². The Morgan fingerprint density at radius 3 is 2.90 bits per heavy atom. The van der Waals surface area contributed by atoms with Crippen molar-refractivity contribution in [1.82, 2.24) is 20.2 Å². The van der Waals surface area contributed by atoms with E-state index in [0.29, 0.717) is 5.95 Å². The quantitative estimate of drug-likeness (QED) is 0.575. The summed E-state index contributed by atoms with van der Waals surface area (Å²) in [7, 11) is 0. The maximum atomic E-state index is 13.4. The number of nitrogens with one attached hydrogen (secondary N) is 3. The van der Waals surface area contributed by atoms with Gasteiger partial charge in [0, 0.05) is 31.4 Å². The van der Waals surface area contributed by atoms with Crippen molar-refractivity contribution in [1.29, 1.82) is 0 Å². The molecule has 3 heterocycles. The lowest BCUT2D eigenvalue weighted by Gasteiger charge is -2.42. The molecule has 1 amide bonds. The van der Waals surface area contributed by atoms with Crippen LogP contribution in [0.1, 0.15) is 58.3 Å². The van der Waals surface area contributed by atoms with Crippen molar-refractivity contribution in [2.45, 2.75) is 82.0 Å². The third-order valence-electron chi connectivity index (χ3n) is 6.70. The normalized spacial score (nSPS) is 32.4. The molecule has 0 spiro atoms. The molecule has 160 valence electrons. The molecule has 29 heavy (non-hydrogen) atoms. The molecule has 1 aromatic rings. The van der Waals surface area contributed by atoms with Crippen LogP contribution in [0.3, 0.4) is 0 Å². The van der Waals surface area contributed by atoms with Gasteiger partial charge < -0.3 is 21.1 Å². The fraction of sp³-hybridized carbons (Fsp3) is 0.762. The monoisotopic (exact) mass is 402 g/mol. The lowest BCUT2D eigenvalue weighted by Crippen LogP contribution is -2.59. The van der Waals surface area contributed by atoms with E-state index in [2.05, 4.69) is 30.8 Å². The Hall–Kier alpha value is -1.93. The maximum Gasteiger partial charge on any atom is 0.240 e. The highest BCUT2D eigenvalue weighted by Gasteiger charge is 2.52. The summed E-state index contributed by atoms with van der Waals surface area (Å²) in [5, 5.41) is 19.7. The summed E-state index contributed by atoms with van der Waals surface area (Å²) in [6, 6.07) is 2.21. The summed E-state index contributed by atoms with van der Waals surface area (Å²) < 4.78 is 0. The fourth-order valence-electron chi connectivity index (χ4n) is 5.20. The minimum atomic E-state index is -0.425. The van der Waals surface area contributed by atoms with E-state index in [4.69, 9.17) is 0 Å². The number of anilines is 2. The Kier molecular flexibility index (Phi) is 6.20. The molecule has 0 bridgehead atoms. The zero-order valence-electron chi connectivity index (χ0n) is 17.4. The van der Waals surface area contributed by atoms with Crippen LogP contribution in [-0.2, 0) is 4.79 Å². The fourth-order valence-corrected chi connectivity index (χ4v) is 5.20. The summed E-state index contributed by atoms with van der Waals surface area (Å²) in [6.07, 6.45) is 8.78. The Morgan fingerprint density at radius 2 is 2.10 bits per heavy atom. The molecular formula is C21H34N6O2. The van der Waals surface area contributed by atoms with Crippen molar-refractivity contribution in [2.24, 2.45) is 0 Å². The van der Waals surface area contributed by atoms with Gasteiger partial charge in [0.2, 0.25) is 11.9 Å². The van der Waals surface area contributed by atoms with Gasteiger partial charge >= 0.3 is 0 Å². The Morgan fingerprint density at radius 1 is 1.28 bits per heavy atom. The Balaban J connectivity index is 1.43. The van der Waals surface area contributed by atoms with E-state index in [1.807, 2.05) is 13.0 Å². The first-order valence-electron chi connectivity index (χ1n) is 11.2. The standard InChI is InChI=1S/C21H34N6O2/c1-2-22-18-9-11-23-20(26-18)25-16-13-21(10-3-4-12-27(21)14-16)19(29)24-15-5-7-17(28)8-6-15/h9,11,15-17,28H,2-8,10,12-14H2,1H3,(H,24,29)(H2,22,23,25,26)/t15?,16-,17?,21+/m0/s1. The highest BCUT2D eigenvalue weighted by Crippen LogP contribution is 2.39. The molecule has 4 rings (SSSR count). The van der Waals surface area contributed by atoms with Gasteiger partial charge in [0.25, 0.3) is 0 Å². The molecule has 1 aliphatic carbocycles. The predicted octanol–water partition coefficient (Wildman–Crippen LogP) is 1.74. The second kappa shape index (κ2) is 8.83. The van der Waals surface area contributed by atoms with E-state index >= 15 is 0 Å². The molecule has 1 aromatic heterocycles. The van der Waals surface area contributed by atoms with Gasteiger partial charge in [-0.3, -0.25) is 9.69 Å². The number of piperidine rings is 1. The van der Waals surface area contributed by atoms with Crippen molar-refractivity contribution in [3.63, 3.8) is 0 Å². The third-order valence-corrected chi connectivity index (χ3v) is 6.70. The summed E-state index contributed by atoms with van der Waals surface area (Å²) >= 11 is 0. The number of hydrogen-bond acceptors (Lipinski definition) is 7. The van der Waals surface area contributed by atoms with Crippen LogP contribution in [0.25, 0.3) is 0 Å². The van der Waals surface area contributed by atoms with Crippen LogP contribution in [0, 0.1) is 0 Å². The van der Waals surface area contributed by atoms with Crippen LogP contribution in [0.15, 0.2) is 12.3 Å². The molecule has 1 saturated carbocycles. The lowest BCUT2D eigenvalue weighted by molar-refractivity contribution is -0.135. The number of aliphatic hydroxyl groups excluding tert-OH is 1. The van der Waals surface area contributed by atoms with Gasteiger partial charge in [-0.25, -0.2) is 4.98 Å². The highest BCUT2D eigenvalue weighted by atomic mass is 16.3. The number of carbonyl (C=O) groups is 1. The molecule has 3 aliphatic rings. The number of rotatable bonds is 6. The zero-order valence-corrected chi connectivity index (χ0v) is 17.4. The minimum absolute atomic E-state index is 0.156. The first-order valence-corrected chi connectivity index (χ1v) is 11.2. The van der Waals surface area contributed by atoms with Crippen molar-refractivity contribution in [3.05, 3.63) is 12.3 Å². The minimum Gasteiger partial charge on any atom is -0.393 e. The highest BCUT2D eigenvalue weighted by molar-refractivity contribution is 5.87. The molecule has 8 nitrogen and oxygen atoms in total. The van der Waals surface area contributed by atoms with Gasteiger partial charge in [0.15, 0.2) is 0 Å². The Bertz CT molecular complexity index is 708. The third kappa shape index (κ3) is 4.48. The second-order valence-electron chi connectivity index (χ2n) is 8.75. The smallest absolute Gasteiger partial charge is 0.240 e.